The Kier molecular flexibility index (Phi) is 16.4. The lowest BCUT2D eigenvalue weighted by Crippen LogP contribution is -2.67. The molecular weight excluding hydrogens is 1780 g/mol. The monoisotopic (exact) mass is 1850 g/mol. The van der Waals surface area contributed by atoms with Gasteiger partial charge in [0, 0.05) is 89.1 Å². The van der Waals surface area contributed by atoms with Crippen LogP contribution < -0.4 is 31.9 Å². The minimum Gasteiger partial charge on any atom is -0.369 e. The summed E-state index contributed by atoms with van der Waals surface area (Å²) >= 11 is 20.8. The van der Waals surface area contributed by atoms with E-state index in [4.69, 9.17) is 0 Å². The fourth-order valence-electron chi connectivity index (χ4n) is 20.4. The van der Waals surface area contributed by atoms with Crippen LogP contribution in [0.2, 0.25) is 0 Å². The molecule has 35 nitrogen and oxygen atoms in total. The number of amides is 15. The Morgan fingerprint density at radius 2 is 0.745 bits per heavy atom. The molecule has 0 spiro atoms. The van der Waals surface area contributed by atoms with Gasteiger partial charge in [-0.05, 0) is 164 Å². The Morgan fingerprint density at radius 1 is 0.377 bits per heavy atom. The molecule has 5 saturated carbocycles. The van der Waals surface area contributed by atoms with Gasteiger partial charge in [-0.25, -0.2) is 24.0 Å². The number of aliphatic hydroxyl groups is 5. The Bertz CT molecular complexity index is 4660. The highest BCUT2D eigenvalue weighted by atomic mass is 79.9. The van der Waals surface area contributed by atoms with E-state index in [-0.39, 0.29) is 126 Å². The number of aromatic nitrogens is 5. The van der Waals surface area contributed by atoms with Crippen LogP contribution >= 0.6 is 95.6 Å². The molecule has 11 N–H and O–H groups in total. The minimum atomic E-state index is -1.89. The minimum absolute atomic E-state index is 0.00796. The van der Waals surface area contributed by atoms with Crippen LogP contribution in [-0.4, -0.2) is 304 Å². The predicted molar refractivity (Wildman–Crippen MR) is 391 cm³/mol. The van der Waals surface area contributed by atoms with Gasteiger partial charge in [-0.3, -0.25) is 43.6 Å². The van der Waals surface area contributed by atoms with Crippen LogP contribution in [0.1, 0.15) is 122 Å². The van der Waals surface area contributed by atoms with Gasteiger partial charge in [0.2, 0.25) is 5.72 Å². The van der Waals surface area contributed by atoms with Gasteiger partial charge < -0.3 is 105 Å². The number of nitrogens with zero attached hydrogens (tertiary/aromatic N) is 14. The SMILES string of the molecule is CN1C(=O)N(C)[C@@]2(O)[C@@H]3NC(=O)c4ccc(Br)n4[C@@H]3C[C@@]12O.CN1C(=O)N(C)[C@]2(C)C[C@@H]3[C@@H](NC(=O)c4ccc(Br)n43)[C@H]12.CN1C(=O)N(C)[C@]2(O)C[C@@H]3[C@@H](NC(=O)c4cc(Br)c(Br)n43)[C@H]12.CN1C(=O)N(C)[C@]2(O)C[C@@H]3[C@@H](NC(=O)c4ccc(Br)n43)[C@H]12.CN1C(=O)N[C@]2(O)C[C@@H]3[C@@H](NC(=O)c4ccc(Br)n43)[C@H]12. The van der Waals surface area contributed by atoms with Gasteiger partial charge in [-0.2, -0.15) is 0 Å². The van der Waals surface area contributed by atoms with Crippen LogP contribution in [0, 0.1) is 0 Å². The molecule has 15 heterocycles. The second-order valence-electron chi connectivity index (χ2n) is 30.1. The van der Waals surface area contributed by atoms with E-state index in [2.05, 4.69) is 139 Å². The molecule has 5 aromatic heterocycles. The first kappa shape index (κ1) is 73.0. The molecule has 10 fully saturated rings. The second kappa shape index (κ2) is 23.9. The van der Waals surface area contributed by atoms with E-state index >= 15 is 0 Å². The number of hydrogen-bond acceptors (Lipinski definition) is 15. The number of rotatable bonds is 0. The lowest BCUT2D eigenvalue weighted by molar-refractivity contribution is -0.208. The summed E-state index contributed by atoms with van der Waals surface area (Å²) in [6.07, 6.45) is 2.05. The highest BCUT2D eigenvalue weighted by Crippen LogP contribution is 2.57. The number of nitrogens with one attached hydrogen (secondary N) is 6. The molecule has 5 aromatic rings. The maximum absolute atomic E-state index is 12.4. The van der Waals surface area contributed by atoms with Crippen molar-refractivity contribution >= 4 is 155 Å². The number of halogens is 6. The van der Waals surface area contributed by atoms with Gasteiger partial charge in [-0.15, -0.1) is 0 Å². The highest BCUT2D eigenvalue weighted by molar-refractivity contribution is 9.13. The number of likely N-dealkylation sites (N-methyl/N-ethyl adjacent to an activating group) is 9. The first-order valence-electron chi connectivity index (χ1n) is 33.9. The normalized spacial score (nSPS) is 37.8. The van der Waals surface area contributed by atoms with Crippen molar-refractivity contribution in [2.24, 2.45) is 0 Å². The van der Waals surface area contributed by atoms with Crippen molar-refractivity contribution in [3.8, 4) is 0 Å². The summed E-state index contributed by atoms with van der Waals surface area (Å²) < 4.78 is 14.3. The third kappa shape index (κ3) is 9.37. The number of urea groups is 5. The first-order valence-corrected chi connectivity index (χ1v) is 38.7. The molecule has 0 radical (unpaired) electrons. The molecular formula is C65H74Br6N20O15. The van der Waals surface area contributed by atoms with Gasteiger partial charge in [-0.1, -0.05) is 0 Å². The molecule has 5 saturated heterocycles. The van der Waals surface area contributed by atoms with Crippen molar-refractivity contribution in [3.63, 3.8) is 0 Å². The Labute approximate surface area is 654 Å². The van der Waals surface area contributed by atoms with E-state index in [1.54, 1.807) is 75.0 Å². The van der Waals surface area contributed by atoms with Crippen LogP contribution in [0.5, 0.6) is 0 Å². The summed E-state index contributed by atoms with van der Waals surface area (Å²) in [6.45, 7) is 2.11. The summed E-state index contributed by atoms with van der Waals surface area (Å²) in [5, 5.41) is 72.2. The average molecular weight is 1850 g/mol. The van der Waals surface area contributed by atoms with Crippen LogP contribution in [0.4, 0.5) is 24.0 Å². The van der Waals surface area contributed by atoms with E-state index in [9.17, 15) is 73.5 Å². The molecule has 0 bridgehead atoms. The van der Waals surface area contributed by atoms with Gasteiger partial charge >= 0.3 is 30.2 Å². The molecule has 41 heteroatoms. The van der Waals surface area contributed by atoms with Gasteiger partial charge in [0.15, 0.2) is 22.9 Å². The maximum Gasteiger partial charge on any atom is 0.324 e. The van der Waals surface area contributed by atoms with Gasteiger partial charge in [0.05, 0.1) is 93.4 Å². The van der Waals surface area contributed by atoms with Crippen molar-refractivity contribution in [1.29, 1.82) is 0 Å². The van der Waals surface area contributed by atoms with E-state index in [0.717, 1.165) is 39.1 Å². The van der Waals surface area contributed by atoms with Crippen LogP contribution in [0.25, 0.3) is 0 Å². The summed E-state index contributed by atoms with van der Waals surface area (Å²) in [7, 11) is 14.7. The van der Waals surface area contributed by atoms with Gasteiger partial charge in [0.1, 0.15) is 52.6 Å². The van der Waals surface area contributed by atoms with E-state index in [1.807, 2.05) is 57.0 Å². The summed E-state index contributed by atoms with van der Waals surface area (Å²) in [4.78, 5) is 135. The van der Waals surface area contributed by atoms with Crippen molar-refractivity contribution in [3.05, 3.63) is 111 Å². The van der Waals surface area contributed by atoms with Crippen molar-refractivity contribution in [2.45, 2.75) is 158 Å². The molecule has 20 atom stereocenters. The number of carbonyl (C=O) groups excluding carboxylic acids is 10. The molecule has 0 aromatic carbocycles. The molecule has 5 aliphatic carbocycles. The van der Waals surface area contributed by atoms with E-state index < -0.39 is 58.8 Å². The van der Waals surface area contributed by atoms with Crippen LogP contribution in [0.3, 0.4) is 0 Å². The van der Waals surface area contributed by atoms with Gasteiger partial charge in [0.25, 0.3) is 29.5 Å². The fraction of sp³-hybridized carbons (Fsp3) is 0.538. The summed E-state index contributed by atoms with van der Waals surface area (Å²) in [5.74, 6) is -0.982. The molecule has 20 rings (SSSR count). The molecule has 15 aliphatic rings. The lowest BCUT2D eigenvalue weighted by atomic mass is 9.94. The Hall–Kier alpha value is -7.22. The molecule has 15 amide bonds. The second-order valence-corrected chi connectivity index (χ2v) is 35.0. The molecule has 10 aliphatic heterocycles. The summed E-state index contributed by atoms with van der Waals surface area (Å²) in [6, 6.07) is 11.1. The fourth-order valence-corrected chi connectivity index (χ4v) is 23.7. The number of fused-ring (bicyclic) bond motifs is 25. The third-order valence-electron chi connectivity index (χ3n) is 25.5. The molecule has 566 valence electrons. The maximum atomic E-state index is 12.4. The topological polar surface area (TPSA) is 398 Å². The predicted octanol–water partition coefficient (Wildman–Crippen LogP) is 2.62. The Balaban J connectivity index is 0.000000102. The van der Waals surface area contributed by atoms with Crippen molar-refractivity contribution < 1.29 is 73.5 Å². The first-order chi connectivity index (χ1) is 49.6. The smallest absolute Gasteiger partial charge is 0.324 e. The zero-order chi connectivity index (χ0) is 76.4. The summed E-state index contributed by atoms with van der Waals surface area (Å²) in [5.41, 5.74) is -4.96. The standard InChI is InChI=1S/C14H17BrN4O2.C13H14Br2N4O3.C13H15BrN4O4.C13H15BrN4O3.C12H13BrN4O3/c1-14-6-8-10(11(14)17(2)13(21)18(14)3)16-12(20)7-4-5-9(15)19(7)8;1-17-9-8-7(4-13(9,22)18(2)12(17)21)19-6(11(20)16-8)3-5(14)10(19)15;1-16-11(20)17(2)13(22)9-7(5-12(13,16)21)18-6(10(19)15-9)3-4-8(18)14;1-16-10-9-7(5-13(10,21)17(2)12(16)20)18-6(11(19)15-9)3-4-8(18)14;1-16-9-8-6(4-12(9,20)15-11(16)19)17-5(10(18)14-8)2-3-7(17)13/h4-5,8,10-11H,6H2,1-3H3,(H,16,20);3,7-9,22H,4H2,1-2H3,(H,16,20);3-4,7,9,21-22H,5H2,1-2H3,(H,15,19);3-4,7,9-10,21H,5H2,1-2H3,(H,15,19);2-3,6,8-9,20H,4H2,1H3,(H,14,18)(H,15,19)/t8-,10-,11+,14-;7-,8-,9+,13+;7-,9-,12+,13-;7-,9-,10+,13+;6-,8-,9+,12+/m11111/s1. The molecule has 0 unspecified atom stereocenters. The lowest BCUT2D eigenvalue weighted by Gasteiger charge is -2.41. The largest absolute Gasteiger partial charge is 0.369 e. The molecule has 106 heavy (non-hydrogen) atoms. The third-order valence-corrected chi connectivity index (χ3v) is 30.0. The highest BCUT2D eigenvalue weighted by Gasteiger charge is 2.76. The Morgan fingerprint density at radius 3 is 1.21 bits per heavy atom. The number of carbonyl (C=O) groups is 10. The van der Waals surface area contributed by atoms with Crippen molar-refractivity contribution in [2.75, 3.05) is 63.4 Å². The average Bonchev–Trinajstić information content (AvgIpc) is 1.51. The van der Waals surface area contributed by atoms with Crippen LogP contribution in [-0.2, 0) is 0 Å². The number of hydrogen-bond donors (Lipinski definition) is 11. The van der Waals surface area contributed by atoms with E-state index in [0.29, 0.717) is 52.3 Å². The van der Waals surface area contributed by atoms with Crippen LogP contribution in [0.15, 0.2) is 82.1 Å². The zero-order valence-corrected chi connectivity index (χ0v) is 67.7. The van der Waals surface area contributed by atoms with Crippen molar-refractivity contribution in [1.82, 2.24) is 98.8 Å². The quantitative estimate of drug-likeness (QED) is 0.106. The van der Waals surface area contributed by atoms with E-state index in [1.165, 1.54) is 38.6 Å². The zero-order valence-electron chi connectivity index (χ0n) is 58.2.